The first-order valence-electron chi connectivity index (χ1n) is 8.22. The number of nitrogens with zero attached hydrogens (tertiary/aromatic N) is 2. The molecule has 4 N–H and O–H groups in total. The van der Waals surface area contributed by atoms with Gasteiger partial charge in [0.15, 0.2) is 5.16 Å². The third-order valence-corrected chi connectivity index (χ3v) is 6.33. The van der Waals surface area contributed by atoms with Gasteiger partial charge in [-0.2, -0.15) is 0 Å². The minimum absolute atomic E-state index is 0.265. The normalized spacial score (nSPS) is 14.5. The zero-order valence-corrected chi connectivity index (χ0v) is 16.1. The van der Waals surface area contributed by atoms with Gasteiger partial charge in [-0.25, -0.2) is 0 Å². The predicted octanol–water partition coefficient (Wildman–Crippen LogP) is 1.63. The summed E-state index contributed by atoms with van der Waals surface area (Å²) in [7, 11) is 0. The molecule has 0 bridgehead atoms. The topological polar surface area (TPSA) is 131 Å². The minimum Gasteiger partial charge on any atom is -0.365 e. The Kier molecular flexibility index (Phi) is 5.42. The number of fused-ring (bicyclic) bond motifs is 1. The number of anilines is 1. The Bertz CT molecular complexity index is 921. The number of aryl methyl sites for hydroxylation is 2. The van der Waals surface area contributed by atoms with Gasteiger partial charge in [0.05, 0.1) is 10.8 Å². The molecule has 0 fully saturated rings. The van der Waals surface area contributed by atoms with E-state index in [4.69, 9.17) is 5.73 Å². The standard InChI is InChI=1S/C16H19N5O3S2/c1-7-13(23)19-16(21-20-7)25-8(2)14(24)18-15-11(12(17)22)9-5-3-4-6-10(9)26-15/h8H,3-6H2,1-2H3,(H2,17,22)(H,18,24)(H,19,21,23). The van der Waals surface area contributed by atoms with Crippen LogP contribution in [0.4, 0.5) is 5.00 Å². The summed E-state index contributed by atoms with van der Waals surface area (Å²) < 4.78 is 0. The van der Waals surface area contributed by atoms with Crippen molar-refractivity contribution in [2.24, 2.45) is 5.73 Å². The lowest BCUT2D eigenvalue weighted by atomic mass is 9.95. The highest BCUT2D eigenvalue weighted by atomic mass is 32.2. The Labute approximate surface area is 158 Å². The van der Waals surface area contributed by atoms with Crippen LogP contribution in [0.15, 0.2) is 9.95 Å². The van der Waals surface area contributed by atoms with Crippen LogP contribution in [0.1, 0.15) is 46.3 Å². The highest BCUT2D eigenvalue weighted by Gasteiger charge is 2.26. The number of thioether (sulfide) groups is 1. The molecule has 10 heteroatoms. The van der Waals surface area contributed by atoms with E-state index in [1.807, 2.05) is 0 Å². The number of hydrogen-bond donors (Lipinski definition) is 3. The van der Waals surface area contributed by atoms with Gasteiger partial charge < -0.3 is 11.1 Å². The SMILES string of the molecule is Cc1nnc(SC(C)C(=O)Nc2sc3c(c2C(N)=O)CCCC3)[nH]c1=O. The molecule has 0 aromatic carbocycles. The highest BCUT2D eigenvalue weighted by molar-refractivity contribution is 8.00. The number of carbonyl (C=O) groups excluding carboxylic acids is 2. The Balaban J connectivity index is 1.77. The van der Waals surface area contributed by atoms with E-state index in [0.717, 1.165) is 47.9 Å². The minimum atomic E-state index is -0.539. The largest absolute Gasteiger partial charge is 0.365 e. The van der Waals surface area contributed by atoms with Crippen LogP contribution in [0.5, 0.6) is 0 Å². The lowest BCUT2D eigenvalue weighted by molar-refractivity contribution is -0.115. The van der Waals surface area contributed by atoms with E-state index in [1.165, 1.54) is 11.3 Å². The summed E-state index contributed by atoms with van der Waals surface area (Å²) in [6.07, 6.45) is 3.80. The molecule has 2 amide bonds. The molecule has 1 unspecified atom stereocenters. The Hall–Kier alpha value is -2.20. The summed E-state index contributed by atoms with van der Waals surface area (Å²) in [6, 6.07) is 0. The monoisotopic (exact) mass is 393 g/mol. The third kappa shape index (κ3) is 3.80. The Morgan fingerprint density at radius 3 is 2.73 bits per heavy atom. The number of primary amides is 1. The number of rotatable bonds is 5. The van der Waals surface area contributed by atoms with Crippen LogP contribution in [0.25, 0.3) is 0 Å². The van der Waals surface area contributed by atoms with Crippen molar-refractivity contribution in [3.63, 3.8) is 0 Å². The maximum atomic E-state index is 12.5. The van der Waals surface area contributed by atoms with Gasteiger partial charge in [-0.1, -0.05) is 11.8 Å². The van der Waals surface area contributed by atoms with E-state index in [1.54, 1.807) is 13.8 Å². The number of aromatic amines is 1. The molecule has 0 saturated carbocycles. The molecular weight excluding hydrogens is 374 g/mol. The summed E-state index contributed by atoms with van der Waals surface area (Å²) in [5.41, 5.74) is 6.87. The van der Waals surface area contributed by atoms with Crippen LogP contribution in [-0.4, -0.2) is 32.2 Å². The fraction of sp³-hybridized carbons (Fsp3) is 0.438. The highest BCUT2D eigenvalue weighted by Crippen LogP contribution is 2.38. The molecule has 26 heavy (non-hydrogen) atoms. The van der Waals surface area contributed by atoms with Gasteiger partial charge in [0.1, 0.15) is 10.7 Å². The van der Waals surface area contributed by atoms with Crippen molar-refractivity contribution >= 4 is 39.9 Å². The summed E-state index contributed by atoms with van der Waals surface area (Å²) in [5.74, 6) is -0.812. The zero-order valence-electron chi connectivity index (χ0n) is 14.4. The molecule has 2 aromatic rings. The van der Waals surface area contributed by atoms with Crippen molar-refractivity contribution in [1.29, 1.82) is 0 Å². The Morgan fingerprint density at radius 1 is 1.31 bits per heavy atom. The fourth-order valence-corrected chi connectivity index (χ4v) is 4.82. The van der Waals surface area contributed by atoms with E-state index < -0.39 is 11.2 Å². The average Bonchev–Trinajstić information content (AvgIpc) is 2.96. The predicted molar refractivity (Wildman–Crippen MR) is 101 cm³/mol. The van der Waals surface area contributed by atoms with Crippen molar-refractivity contribution in [2.75, 3.05) is 5.32 Å². The lowest BCUT2D eigenvalue weighted by Gasteiger charge is -2.12. The first-order chi connectivity index (χ1) is 12.4. The van der Waals surface area contributed by atoms with E-state index >= 15 is 0 Å². The summed E-state index contributed by atoms with van der Waals surface area (Å²) >= 11 is 2.51. The molecule has 2 heterocycles. The number of nitrogens with two attached hydrogens (primary N) is 1. The molecular formula is C16H19N5O3S2. The van der Waals surface area contributed by atoms with E-state index in [9.17, 15) is 14.4 Å². The van der Waals surface area contributed by atoms with Gasteiger partial charge in [-0.05, 0) is 45.1 Å². The molecule has 0 spiro atoms. The van der Waals surface area contributed by atoms with Crippen LogP contribution in [0.3, 0.4) is 0 Å². The summed E-state index contributed by atoms with van der Waals surface area (Å²) in [4.78, 5) is 39.7. The van der Waals surface area contributed by atoms with Gasteiger partial charge in [0.2, 0.25) is 5.91 Å². The average molecular weight is 393 g/mol. The maximum Gasteiger partial charge on any atom is 0.273 e. The van der Waals surface area contributed by atoms with Crippen molar-refractivity contribution in [1.82, 2.24) is 15.2 Å². The van der Waals surface area contributed by atoms with Crippen molar-refractivity contribution in [3.8, 4) is 0 Å². The molecule has 138 valence electrons. The number of hydrogen-bond acceptors (Lipinski definition) is 7. The van der Waals surface area contributed by atoms with Gasteiger partial charge >= 0.3 is 0 Å². The number of thiophene rings is 1. The number of amides is 2. The van der Waals surface area contributed by atoms with Crippen molar-refractivity contribution < 1.29 is 9.59 Å². The fourth-order valence-electron chi connectivity index (χ4n) is 2.78. The van der Waals surface area contributed by atoms with E-state index in [2.05, 4.69) is 20.5 Å². The van der Waals surface area contributed by atoms with Gasteiger partial charge in [0, 0.05) is 4.88 Å². The van der Waals surface area contributed by atoms with Crippen LogP contribution >= 0.6 is 23.1 Å². The second-order valence-corrected chi connectivity index (χ2v) is 8.51. The smallest absolute Gasteiger partial charge is 0.273 e. The van der Waals surface area contributed by atoms with Crippen molar-refractivity contribution in [3.05, 3.63) is 32.1 Å². The van der Waals surface area contributed by atoms with Crippen LogP contribution in [-0.2, 0) is 17.6 Å². The van der Waals surface area contributed by atoms with Crippen LogP contribution in [0.2, 0.25) is 0 Å². The molecule has 0 radical (unpaired) electrons. The quantitative estimate of drug-likeness (QED) is 0.662. The first kappa shape index (κ1) is 18.6. The maximum absolute atomic E-state index is 12.5. The van der Waals surface area contributed by atoms with Gasteiger partial charge in [-0.3, -0.25) is 19.4 Å². The van der Waals surface area contributed by atoms with Crippen molar-refractivity contribution in [2.45, 2.75) is 49.9 Å². The number of H-pyrrole nitrogens is 1. The first-order valence-corrected chi connectivity index (χ1v) is 9.92. The molecule has 0 saturated heterocycles. The van der Waals surface area contributed by atoms with Gasteiger partial charge in [0.25, 0.3) is 11.5 Å². The molecule has 0 aliphatic heterocycles. The van der Waals surface area contributed by atoms with Gasteiger partial charge in [-0.15, -0.1) is 21.5 Å². The number of nitrogens with one attached hydrogen (secondary N) is 2. The number of carbonyl (C=O) groups is 2. The third-order valence-electron chi connectivity index (χ3n) is 4.15. The van der Waals surface area contributed by atoms with E-state index in [-0.39, 0.29) is 22.3 Å². The molecule has 1 atom stereocenters. The lowest BCUT2D eigenvalue weighted by Crippen LogP contribution is -2.25. The summed E-state index contributed by atoms with van der Waals surface area (Å²) in [5, 5.41) is 10.7. The molecule has 1 aliphatic carbocycles. The molecule has 8 nitrogen and oxygen atoms in total. The number of aromatic nitrogens is 3. The summed E-state index contributed by atoms with van der Waals surface area (Å²) in [6.45, 7) is 3.25. The van der Waals surface area contributed by atoms with Crippen LogP contribution < -0.4 is 16.6 Å². The second-order valence-electron chi connectivity index (χ2n) is 6.07. The molecule has 3 rings (SSSR count). The molecule has 2 aromatic heterocycles. The molecule has 1 aliphatic rings. The Morgan fingerprint density at radius 2 is 2.04 bits per heavy atom. The van der Waals surface area contributed by atoms with Crippen LogP contribution in [0, 0.1) is 6.92 Å². The second kappa shape index (κ2) is 7.58. The zero-order chi connectivity index (χ0) is 18.8. The van der Waals surface area contributed by atoms with E-state index in [0.29, 0.717) is 10.6 Å².